The number of hydrogen-bond acceptors (Lipinski definition) is 4. The largest absolute Gasteiger partial charge is 0.496 e. The average molecular weight is 296 g/mol. The average Bonchev–Trinajstić information content (AvgIpc) is 2.35. The molecule has 0 heterocycles. The molecule has 0 aliphatic carbocycles. The number of likely N-dealkylation sites (N-methyl/N-ethyl adjacent to an activating group) is 1. The number of ether oxygens (including phenoxy) is 2. The number of para-hydroxylation sites is 1. The van der Waals surface area contributed by atoms with Crippen LogP contribution in [0.15, 0.2) is 24.3 Å². The molecule has 0 radical (unpaired) electrons. The quantitative estimate of drug-likeness (QED) is 0.608. The fourth-order valence-electron chi connectivity index (χ4n) is 1.98. The van der Waals surface area contributed by atoms with Crippen molar-refractivity contribution in [2.45, 2.75) is 12.5 Å². The minimum absolute atomic E-state index is 0.226. The van der Waals surface area contributed by atoms with Crippen molar-refractivity contribution < 1.29 is 28.7 Å². The topological polar surface area (TPSA) is 72.8 Å². The first-order valence-corrected chi connectivity index (χ1v) is 6.59. The van der Waals surface area contributed by atoms with Crippen LogP contribution in [0.25, 0.3) is 0 Å². The number of nitrogens with zero attached hydrogens (tertiary/aromatic N) is 1. The molecule has 0 unspecified atom stereocenters. The molecule has 1 N–H and O–H groups in total. The molecule has 0 saturated carbocycles. The lowest BCUT2D eigenvalue weighted by Crippen LogP contribution is -2.43. The van der Waals surface area contributed by atoms with Gasteiger partial charge in [0.25, 0.3) is 0 Å². The third kappa shape index (κ3) is 5.83. The molecular formula is C15H22NO5+. The van der Waals surface area contributed by atoms with E-state index in [1.54, 1.807) is 24.3 Å². The van der Waals surface area contributed by atoms with Gasteiger partial charge in [-0.15, -0.1) is 0 Å². The molecule has 0 aliphatic rings. The van der Waals surface area contributed by atoms with Gasteiger partial charge in [0.15, 0.2) is 6.10 Å². The molecule has 1 rings (SSSR count). The fourth-order valence-corrected chi connectivity index (χ4v) is 1.98. The maximum atomic E-state index is 12.2. The Morgan fingerprint density at radius 3 is 2.38 bits per heavy atom. The van der Waals surface area contributed by atoms with Gasteiger partial charge >= 0.3 is 11.9 Å². The number of quaternary nitrogens is 1. The second-order valence-corrected chi connectivity index (χ2v) is 5.80. The summed E-state index contributed by atoms with van der Waals surface area (Å²) in [5.74, 6) is -1.17. The van der Waals surface area contributed by atoms with Gasteiger partial charge in [-0.05, 0) is 12.1 Å². The van der Waals surface area contributed by atoms with Crippen molar-refractivity contribution in [3.05, 3.63) is 29.8 Å². The van der Waals surface area contributed by atoms with Crippen molar-refractivity contribution in [3.63, 3.8) is 0 Å². The smallest absolute Gasteiger partial charge is 0.342 e. The third-order valence-corrected chi connectivity index (χ3v) is 2.75. The van der Waals surface area contributed by atoms with Gasteiger partial charge in [-0.25, -0.2) is 4.79 Å². The van der Waals surface area contributed by atoms with Gasteiger partial charge in [-0.1, -0.05) is 12.1 Å². The first kappa shape index (κ1) is 17.0. The van der Waals surface area contributed by atoms with E-state index in [2.05, 4.69) is 0 Å². The number of carboxylic acids is 1. The van der Waals surface area contributed by atoms with E-state index < -0.39 is 18.0 Å². The molecule has 1 atom stereocenters. The first-order chi connectivity index (χ1) is 9.73. The number of methoxy groups -OCH3 is 1. The maximum Gasteiger partial charge on any atom is 0.342 e. The standard InChI is InChI=1S/C15H21NO5/c1-16(2,3)10-11(9-14(17)18)21-15(19)12-7-5-6-8-13(12)20-4/h5-8,11H,9-10H2,1-4H3/p+1/t11-/m1/s1. The highest BCUT2D eigenvalue weighted by Gasteiger charge is 2.26. The summed E-state index contributed by atoms with van der Waals surface area (Å²) in [6, 6.07) is 6.69. The van der Waals surface area contributed by atoms with Crippen molar-refractivity contribution >= 4 is 11.9 Å². The molecule has 6 nitrogen and oxygen atoms in total. The lowest BCUT2D eigenvalue weighted by molar-refractivity contribution is -0.873. The van der Waals surface area contributed by atoms with Crippen molar-refractivity contribution in [2.75, 3.05) is 34.8 Å². The van der Waals surface area contributed by atoms with E-state index in [-0.39, 0.29) is 12.0 Å². The molecule has 1 aromatic rings. The second-order valence-electron chi connectivity index (χ2n) is 5.80. The molecule has 0 aliphatic heterocycles. The van der Waals surface area contributed by atoms with Crippen LogP contribution < -0.4 is 4.74 Å². The van der Waals surface area contributed by atoms with Gasteiger partial charge < -0.3 is 19.1 Å². The van der Waals surface area contributed by atoms with Crippen LogP contribution in [0.5, 0.6) is 5.75 Å². The van der Waals surface area contributed by atoms with E-state index in [1.165, 1.54) is 7.11 Å². The number of carbonyl (C=O) groups excluding carboxylic acids is 1. The van der Waals surface area contributed by atoms with Crippen LogP contribution in [-0.2, 0) is 9.53 Å². The summed E-state index contributed by atoms with van der Waals surface area (Å²) in [6.07, 6.45) is -0.920. The Kier molecular flexibility index (Phi) is 5.72. The van der Waals surface area contributed by atoms with E-state index in [4.69, 9.17) is 14.6 Å². The number of carbonyl (C=O) groups is 2. The number of esters is 1. The van der Waals surface area contributed by atoms with Crippen LogP contribution in [-0.4, -0.2) is 62.4 Å². The predicted octanol–water partition coefficient (Wildman–Crippen LogP) is 1.40. The summed E-state index contributed by atoms with van der Waals surface area (Å²) >= 11 is 0. The molecule has 0 aromatic heterocycles. The Bertz CT molecular complexity index is 507. The Labute approximate surface area is 124 Å². The van der Waals surface area contributed by atoms with Crippen LogP contribution in [0.1, 0.15) is 16.8 Å². The molecule has 0 spiro atoms. The number of carboxylic acid groups (broad SMARTS) is 1. The molecule has 0 fully saturated rings. The molecule has 21 heavy (non-hydrogen) atoms. The summed E-state index contributed by atoms with van der Waals surface area (Å²) in [4.78, 5) is 23.1. The molecular weight excluding hydrogens is 274 g/mol. The number of benzene rings is 1. The van der Waals surface area contributed by atoms with Crippen molar-refractivity contribution in [3.8, 4) is 5.75 Å². The lowest BCUT2D eigenvalue weighted by Gasteiger charge is -2.28. The van der Waals surface area contributed by atoms with Gasteiger partial charge in [0.1, 0.15) is 17.9 Å². The SMILES string of the molecule is COc1ccccc1C(=O)O[C@H](CC(=O)O)C[N+](C)(C)C. The van der Waals surface area contributed by atoms with E-state index in [0.29, 0.717) is 16.8 Å². The Morgan fingerprint density at radius 2 is 1.86 bits per heavy atom. The van der Waals surface area contributed by atoms with Crippen LogP contribution in [0.4, 0.5) is 0 Å². The van der Waals surface area contributed by atoms with E-state index in [9.17, 15) is 9.59 Å². The van der Waals surface area contributed by atoms with E-state index >= 15 is 0 Å². The summed E-state index contributed by atoms with van der Waals surface area (Å²) in [5, 5.41) is 8.94. The molecule has 0 amide bonds. The molecule has 0 bridgehead atoms. The summed E-state index contributed by atoms with van der Waals surface area (Å²) in [6.45, 7) is 0.410. The Hall–Kier alpha value is -2.08. The highest BCUT2D eigenvalue weighted by Crippen LogP contribution is 2.19. The Morgan fingerprint density at radius 1 is 1.24 bits per heavy atom. The minimum atomic E-state index is -0.999. The molecule has 116 valence electrons. The van der Waals surface area contributed by atoms with Crippen LogP contribution in [0.2, 0.25) is 0 Å². The zero-order valence-electron chi connectivity index (χ0n) is 12.8. The number of rotatable bonds is 7. The third-order valence-electron chi connectivity index (χ3n) is 2.75. The number of aliphatic carboxylic acids is 1. The monoisotopic (exact) mass is 296 g/mol. The van der Waals surface area contributed by atoms with Gasteiger partial charge in [-0.3, -0.25) is 4.79 Å². The summed E-state index contributed by atoms with van der Waals surface area (Å²) < 4.78 is 11.0. The predicted molar refractivity (Wildman–Crippen MR) is 77.3 cm³/mol. The second kappa shape index (κ2) is 7.08. The minimum Gasteiger partial charge on any atom is -0.496 e. The summed E-state index contributed by atoms with van der Waals surface area (Å²) in [5.41, 5.74) is 0.289. The zero-order valence-corrected chi connectivity index (χ0v) is 12.8. The van der Waals surface area contributed by atoms with E-state index in [1.807, 2.05) is 21.1 Å². The van der Waals surface area contributed by atoms with Gasteiger partial charge in [0.2, 0.25) is 0 Å². The zero-order chi connectivity index (χ0) is 16.0. The highest BCUT2D eigenvalue weighted by atomic mass is 16.5. The van der Waals surface area contributed by atoms with E-state index in [0.717, 1.165) is 0 Å². The van der Waals surface area contributed by atoms with Gasteiger partial charge in [0, 0.05) is 0 Å². The number of hydrogen-bond donors (Lipinski definition) is 1. The molecule has 6 heteroatoms. The van der Waals surface area contributed by atoms with Crippen molar-refractivity contribution in [1.82, 2.24) is 0 Å². The van der Waals surface area contributed by atoms with Gasteiger partial charge in [0.05, 0.1) is 34.7 Å². The van der Waals surface area contributed by atoms with Crippen LogP contribution in [0, 0.1) is 0 Å². The van der Waals surface area contributed by atoms with Gasteiger partial charge in [-0.2, -0.15) is 0 Å². The van der Waals surface area contributed by atoms with Crippen molar-refractivity contribution in [2.24, 2.45) is 0 Å². The first-order valence-electron chi connectivity index (χ1n) is 6.59. The van der Waals surface area contributed by atoms with Crippen LogP contribution >= 0.6 is 0 Å². The molecule has 1 aromatic carbocycles. The lowest BCUT2D eigenvalue weighted by atomic mass is 10.2. The maximum absolute atomic E-state index is 12.2. The normalized spacial score (nSPS) is 12.6. The summed E-state index contributed by atoms with van der Waals surface area (Å²) in [7, 11) is 7.19. The van der Waals surface area contributed by atoms with Crippen molar-refractivity contribution in [1.29, 1.82) is 0 Å². The highest BCUT2D eigenvalue weighted by molar-refractivity contribution is 5.92. The fraction of sp³-hybridized carbons (Fsp3) is 0.467. The molecule has 0 saturated heterocycles. The van der Waals surface area contributed by atoms with Crippen LogP contribution in [0.3, 0.4) is 0 Å². The Balaban J connectivity index is 2.86.